The summed E-state index contributed by atoms with van der Waals surface area (Å²) in [7, 11) is -2.86. The van der Waals surface area contributed by atoms with Gasteiger partial charge in [0.15, 0.2) is 9.84 Å². The molecular formula is C10H19N5O2S. The van der Waals surface area contributed by atoms with Crippen LogP contribution in [0.15, 0.2) is 6.20 Å². The molecule has 1 unspecified atom stereocenters. The molecule has 18 heavy (non-hydrogen) atoms. The van der Waals surface area contributed by atoms with Crippen molar-refractivity contribution in [3.63, 3.8) is 0 Å². The van der Waals surface area contributed by atoms with Gasteiger partial charge in [-0.2, -0.15) is 0 Å². The fraction of sp³-hybridized carbons (Fsp3) is 0.800. The van der Waals surface area contributed by atoms with Crippen molar-refractivity contribution in [2.75, 3.05) is 24.6 Å². The van der Waals surface area contributed by atoms with Gasteiger partial charge in [-0.15, -0.1) is 5.10 Å². The van der Waals surface area contributed by atoms with Gasteiger partial charge in [0.1, 0.15) is 0 Å². The second-order valence-electron chi connectivity index (χ2n) is 4.70. The van der Waals surface area contributed by atoms with Crippen molar-refractivity contribution in [3.05, 3.63) is 11.9 Å². The molecular weight excluding hydrogens is 254 g/mol. The molecule has 1 atom stereocenters. The Hall–Kier alpha value is -0.990. The third kappa shape index (κ3) is 3.27. The molecule has 1 aliphatic rings. The quantitative estimate of drug-likeness (QED) is 0.745. The number of nitrogens with two attached hydrogens (primary N) is 1. The van der Waals surface area contributed by atoms with Crippen molar-refractivity contribution < 1.29 is 8.42 Å². The molecule has 0 aromatic carbocycles. The SMILES string of the molecule is CC1CS(=O)(=O)CCN1Cc1cn(CCN)nn1. The van der Waals surface area contributed by atoms with Crippen molar-refractivity contribution in [2.24, 2.45) is 5.73 Å². The molecule has 2 N–H and O–H groups in total. The van der Waals surface area contributed by atoms with Crippen LogP contribution in [0.5, 0.6) is 0 Å². The van der Waals surface area contributed by atoms with Gasteiger partial charge in [-0.3, -0.25) is 9.58 Å². The van der Waals surface area contributed by atoms with Gasteiger partial charge >= 0.3 is 0 Å². The lowest BCUT2D eigenvalue weighted by Gasteiger charge is -2.32. The van der Waals surface area contributed by atoms with Crippen LogP contribution in [0.3, 0.4) is 0 Å². The molecule has 0 bridgehead atoms. The lowest BCUT2D eigenvalue weighted by atomic mass is 10.3. The first-order valence-electron chi connectivity index (χ1n) is 6.04. The van der Waals surface area contributed by atoms with E-state index in [1.165, 1.54) is 0 Å². The predicted molar refractivity (Wildman–Crippen MR) is 67.6 cm³/mol. The third-order valence-corrected chi connectivity index (χ3v) is 4.91. The zero-order chi connectivity index (χ0) is 13.2. The van der Waals surface area contributed by atoms with Crippen LogP contribution in [-0.2, 0) is 22.9 Å². The Morgan fingerprint density at radius 1 is 1.56 bits per heavy atom. The minimum atomic E-state index is -2.86. The highest BCUT2D eigenvalue weighted by Gasteiger charge is 2.28. The summed E-state index contributed by atoms with van der Waals surface area (Å²) < 4.78 is 24.7. The summed E-state index contributed by atoms with van der Waals surface area (Å²) in [5.41, 5.74) is 6.30. The van der Waals surface area contributed by atoms with Crippen LogP contribution in [0.25, 0.3) is 0 Å². The van der Waals surface area contributed by atoms with E-state index in [2.05, 4.69) is 15.2 Å². The van der Waals surface area contributed by atoms with E-state index >= 15 is 0 Å². The summed E-state index contributed by atoms with van der Waals surface area (Å²) in [6.07, 6.45) is 1.86. The third-order valence-electron chi connectivity index (χ3n) is 3.12. The number of sulfone groups is 1. The van der Waals surface area contributed by atoms with E-state index < -0.39 is 9.84 Å². The van der Waals surface area contributed by atoms with Gasteiger partial charge in [-0.1, -0.05) is 5.21 Å². The summed E-state index contributed by atoms with van der Waals surface area (Å²) in [6, 6.07) is 0.0309. The molecule has 0 saturated carbocycles. The first-order valence-corrected chi connectivity index (χ1v) is 7.86. The van der Waals surface area contributed by atoms with Crippen molar-refractivity contribution >= 4 is 9.84 Å². The molecule has 1 aromatic heterocycles. The Labute approximate surface area is 107 Å². The molecule has 1 fully saturated rings. The lowest BCUT2D eigenvalue weighted by Crippen LogP contribution is -2.46. The molecule has 2 rings (SSSR count). The van der Waals surface area contributed by atoms with Crippen molar-refractivity contribution in [3.8, 4) is 0 Å². The minimum Gasteiger partial charge on any atom is -0.329 e. The van der Waals surface area contributed by atoms with Crippen LogP contribution in [0, 0.1) is 0 Å². The highest BCUT2D eigenvalue weighted by molar-refractivity contribution is 7.91. The van der Waals surface area contributed by atoms with E-state index in [0.29, 0.717) is 26.2 Å². The highest BCUT2D eigenvalue weighted by Crippen LogP contribution is 2.13. The highest BCUT2D eigenvalue weighted by atomic mass is 32.2. The van der Waals surface area contributed by atoms with Crippen LogP contribution in [-0.4, -0.2) is 58.9 Å². The second kappa shape index (κ2) is 5.33. The van der Waals surface area contributed by atoms with Crippen molar-refractivity contribution in [2.45, 2.75) is 26.1 Å². The molecule has 2 heterocycles. The molecule has 8 heteroatoms. The summed E-state index contributed by atoms with van der Waals surface area (Å²) >= 11 is 0. The largest absolute Gasteiger partial charge is 0.329 e. The van der Waals surface area contributed by atoms with Crippen molar-refractivity contribution in [1.82, 2.24) is 19.9 Å². The van der Waals surface area contributed by atoms with Gasteiger partial charge in [0, 0.05) is 31.9 Å². The van der Waals surface area contributed by atoms with Gasteiger partial charge < -0.3 is 5.73 Å². The summed E-state index contributed by atoms with van der Waals surface area (Å²) in [5, 5.41) is 8.03. The Kier molecular flexibility index (Phi) is 3.98. The van der Waals surface area contributed by atoms with Gasteiger partial charge in [-0.25, -0.2) is 8.42 Å². The van der Waals surface area contributed by atoms with Gasteiger partial charge in [0.05, 0.1) is 23.7 Å². The van der Waals surface area contributed by atoms with Crippen LogP contribution < -0.4 is 5.73 Å². The predicted octanol–water partition coefficient (Wildman–Crippen LogP) is -1.14. The Bertz CT molecular complexity index is 498. The van der Waals surface area contributed by atoms with Crippen molar-refractivity contribution in [1.29, 1.82) is 0 Å². The van der Waals surface area contributed by atoms with Crippen LogP contribution >= 0.6 is 0 Å². The molecule has 102 valence electrons. The molecule has 0 amide bonds. The second-order valence-corrected chi connectivity index (χ2v) is 6.92. The lowest BCUT2D eigenvalue weighted by molar-refractivity contribution is 0.215. The summed E-state index contributed by atoms with van der Waals surface area (Å²) in [6.45, 7) is 4.31. The summed E-state index contributed by atoms with van der Waals surface area (Å²) in [4.78, 5) is 2.12. The zero-order valence-corrected chi connectivity index (χ0v) is 11.3. The minimum absolute atomic E-state index is 0.0309. The monoisotopic (exact) mass is 273 g/mol. The number of rotatable bonds is 4. The van der Waals surface area contributed by atoms with Gasteiger partial charge in [0.25, 0.3) is 0 Å². The maximum Gasteiger partial charge on any atom is 0.153 e. The molecule has 1 saturated heterocycles. The van der Waals surface area contributed by atoms with Crippen LogP contribution in [0.2, 0.25) is 0 Å². The Balaban J connectivity index is 1.97. The smallest absolute Gasteiger partial charge is 0.153 e. The number of nitrogens with zero attached hydrogens (tertiary/aromatic N) is 4. The van der Waals surface area contributed by atoms with Crippen LogP contribution in [0.1, 0.15) is 12.6 Å². The van der Waals surface area contributed by atoms with E-state index in [-0.39, 0.29) is 17.5 Å². The van der Waals surface area contributed by atoms with E-state index in [9.17, 15) is 8.42 Å². The first kappa shape index (κ1) is 13.4. The number of aromatic nitrogens is 3. The molecule has 0 radical (unpaired) electrons. The van der Waals surface area contributed by atoms with E-state index in [0.717, 1.165) is 5.69 Å². The van der Waals surface area contributed by atoms with Gasteiger partial charge in [0.2, 0.25) is 0 Å². The van der Waals surface area contributed by atoms with E-state index in [1.807, 2.05) is 13.1 Å². The standard InChI is InChI=1S/C10H19N5O2S/c1-9-8-18(16,17)5-4-14(9)6-10-7-15(3-2-11)13-12-10/h7,9H,2-6,8,11H2,1H3. The maximum atomic E-state index is 11.5. The normalized spacial score (nSPS) is 24.2. The van der Waals surface area contributed by atoms with E-state index in [4.69, 9.17) is 5.73 Å². The first-order chi connectivity index (χ1) is 8.50. The molecule has 1 aromatic rings. The Morgan fingerprint density at radius 3 is 3.00 bits per heavy atom. The molecule has 1 aliphatic heterocycles. The molecule has 0 aliphatic carbocycles. The fourth-order valence-electron chi connectivity index (χ4n) is 2.13. The Morgan fingerprint density at radius 2 is 2.33 bits per heavy atom. The number of hydrogen-bond acceptors (Lipinski definition) is 6. The van der Waals surface area contributed by atoms with E-state index in [1.54, 1.807) is 4.68 Å². The van der Waals surface area contributed by atoms with Crippen LogP contribution in [0.4, 0.5) is 0 Å². The maximum absolute atomic E-state index is 11.5. The topological polar surface area (TPSA) is 94.1 Å². The fourth-order valence-corrected chi connectivity index (χ4v) is 3.75. The number of hydrogen-bond donors (Lipinski definition) is 1. The molecule has 0 spiro atoms. The average molecular weight is 273 g/mol. The average Bonchev–Trinajstić information content (AvgIpc) is 2.70. The summed E-state index contributed by atoms with van der Waals surface area (Å²) in [5.74, 6) is 0.457. The zero-order valence-electron chi connectivity index (χ0n) is 10.5. The van der Waals surface area contributed by atoms with Gasteiger partial charge in [-0.05, 0) is 6.92 Å². The molecule has 7 nitrogen and oxygen atoms in total.